The van der Waals surface area contributed by atoms with Crippen LogP contribution in [0.5, 0.6) is 5.88 Å². The van der Waals surface area contributed by atoms with Crippen LogP contribution in [0.1, 0.15) is 97.3 Å². The first-order chi connectivity index (χ1) is 15.2. The molecule has 3 rings (SSSR count). The van der Waals surface area contributed by atoms with Crippen LogP contribution in [0.15, 0.2) is 16.9 Å². The van der Waals surface area contributed by atoms with E-state index in [-0.39, 0.29) is 17.8 Å². The molecule has 2 heterocycles. The summed E-state index contributed by atoms with van der Waals surface area (Å²) < 4.78 is 10.9. The summed E-state index contributed by atoms with van der Waals surface area (Å²) in [7, 11) is 0. The number of hydrogen-bond donors (Lipinski definition) is 1. The second-order valence-electron chi connectivity index (χ2n) is 9.91. The van der Waals surface area contributed by atoms with Crippen LogP contribution >= 0.6 is 0 Å². The summed E-state index contributed by atoms with van der Waals surface area (Å²) in [6.07, 6.45) is 12.1. The fourth-order valence-corrected chi connectivity index (χ4v) is 4.99. The molecule has 0 aromatic carbocycles. The summed E-state index contributed by atoms with van der Waals surface area (Å²) in [5.41, 5.74) is 0.986. The van der Waals surface area contributed by atoms with Gasteiger partial charge in [0, 0.05) is 5.92 Å². The molecule has 1 aliphatic rings. The average molecular weight is 445 g/mol. The van der Waals surface area contributed by atoms with E-state index in [1.807, 2.05) is 6.92 Å². The zero-order valence-electron chi connectivity index (χ0n) is 19.8. The zero-order chi connectivity index (χ0) is 23.2. The van der Waals surface area contributed by atoms with Crippen molar-refractivity contribution in [3.05, 3.63) is 18.3 Å². The molecule has 1 saturated carbocycles. The fraction of sp³-hybridized carbons (Fsp3) is 0.708. The normalized spacial score (nSPS) is 17.1. The number of nitrogens with zero attached hydrogens (tertiary/aromatic N) is 4. The van der Waals surface area contributed by atoms with Gasteiger partial charge in [0.2, 0.25) is 17.6 Å². The summed E-state index contributed by atoms with van der Waals surface area (Å²) in [4.78, 5) is 24.5. The Kier molecular flexibility index (Phi) is 7.85. The molecule has 1 atom stereocenters. The standard InChI is InChI=1S/C24H36N4O4/c1-5-31-19-16-25-15-18(26-19)21-27-22(32-28-21)17(14-20(29)30)10-9-13-24(23(2,3)4)11-7-6-8-12-24/h15-17H,5-14H2,1-4H3,(H,29,30)/t17-/m1/s1. The van der Waals surface area contributed by atoms with Gasteiger partial charge in [0.1, 0.15) is 5.69 Å². The molecule has 0 amide bonds. The van der Waals surface area contributed by atoms with Crippen LogP contribution in [0.2, 0.25) is 0 Å². The van der Waals surface area contributed by atoms with Gasteiger partial charge in [-0.15, -0.1) is 0 Å². The van der Waals surface area contributed by atoms with E-state index >= 15 is 0 Å². The highest BCUT2D eigenvalue weighted by Crippen LogP contribution is 2.53. The largest absolute Gasteiger partial charge is 0.481 e. The molecular weight excluding hydrogens is 408 g/mol. The van der Waals surface area contributed by atoms with Gasteiger partial charge in [-0.2, -0.15) is 4.98 Å². The molecule has 0 unspecified atom stereocenters. The number of rotatable bonds is 10. The van der Waals surface area contributed by atoms with Gasteiger partial charge in [0.05, 0.1) is 25.4 Å². The van der Waals surface area contributed by atoms with Crippen molar-refractivity contribution in [1.82, 2.24) is 20.1 Å². The van der Waals surface area contributed by atoms with E-state index in [2.05, 4.69) is 40.9 Å². The molecule has 1 N–H and O–H groups in total. The topological polar surface area (TPSA) is 111 Å². The third kappa shape index (κ3) is 5.84. The third-order valence-corrected chi connectivity index (χ3v) is 6.96. The van der Waals surface area contributed by atoms with Gasteiger partial charge in [-0.1, -0.05) is 51.6 Å². The van der Waals surface area contributed by atoms with E-state index in [0.717, 1.165) is 12.8 Å². The highest BCUT2D eigenvalue weighted by atomic mass is 16.5. The average Bonchev–Trinajstić information content (AvgIpc) is 3.23. The lowest BCUT2D eigenvalue weighted by atomic mass is 9.57. The first-order valence-corrected chi connectivity index (χ1v) is 11.7. The fourth-order valence-electron chi connectivity index (χ4n) is 4.99. The van der Waals surface area contributed by atoms with Gasteiger partial charge in [-0.05, 0) is 43.4 Å². The SMILES string of the molecule is CCOc1cncc(-c2noc([C@H](CCCC3(C(C)(C)C)CCCCC3)CC(=O)O)n2)n1. The molecule has 1 aliphatic carbocycles. The minimum Gasteiger partial charge on any atom is -0.481 e. The maximum atomic E-state index is 11.5. The predicted octanol–water partition coefficient (Wildman–Crippen LogP) is 5.65. The lowest BCUT2D eigenvalue weighted by molar-refractivity contribution is -0.137. The Morgan fingerprint density at radius 1 is 1.22 bits per heavy atom. The molecule has 176 valence electrons. The lowest BCUT2D eigenvalue weighted by Gasteiger charge is -2.48. The van der Waals surface area contributed by atoms with Crippen LogP contribution in [-0.2, 0) is 4.79 Å². The predicted molar refractivity (Wildman–Crippen MR) is 120 cm³/mol. The maximum Gasteiger partial charge on any atom is 0.304 e. The number of carboxylic acid groups (broad SMARTS) is 1. The Balaban J connectivity index is 1.72. The lowest BCUT2D eigenvalue weighted by Crippen LogP contribution is -2.37. The van der Waals surface area contributed by atoms with Gasteiger partial charge < -0.3 is 14.4 Å². The number of carbonyl (C=O) groups is 1. The molecule has 2 aromatic rings. The Morgan fingerprint density at radius 3 is 2.62 bits per heavy atom. The smallest absolute Gasteiger partial charge is 0.304 e. The van der Waals surface area contributed by atoms with Crippen molar-refractivity contribution in [1.29, 1.82) is 0 Å². The Hall–Kier alpha value is -2.51. The molecule has 0 spiro atoms. The first kappa shape index (κ1) is 24.1. The number of aromatic nitrogens is 4. The van der Waals surface area contributed by atoms with Crippen molar-refractivity contribution in [2.75, 3.05) is 6.61 Å². The van der Waals surface area contributed by atoms with E-state index in [9.17, 15) is 9.90 Å². The molecule has 0 radical (unpaired) electrons. The van der Waals surface area contributed by atoms with Crippen LogP contribution in [0.4, 0.5) is 0 Å². The minimum atomic E-state index is -0.865. The van der Waals surface area contributed by atoms with Gasteiger partial charge in [-0.25, -0.2) is 4.98 Å². The van der Waals surface area contributed by atoms with Crippen LogP contribution in [0, 0.1) is 10.8 Å². The number of ether oxygens (including phenoxy) is 1. The van der Waals surface area contributed by atoms with E-state index in [4.69, 9.17) is 9.26 Å². The molecule has 32 heavy (non-hydrogen) atoms. The van der Waals surface area contributed by atoms with Crippen LogP contribution < -0.4 is 4.74 Å². The van der Waals surface area contributed by atoms with E-state index in [1.54, 1.807) is 6.20 Å². The summed E-state index contributed by atoms with van der Waals surface area (Å²) >= 11 is 0. The van der Waals surface area contributed by atoms with Gasteiger partial charge in [0.15, 0.2) is 0 Å². The van der Waals surface area contributed by atoms with Gasteiger partial charge in [0.25, 0.3) is 0 Å². The van der Waals surface area contributed by atoms with Crippen LogP contribution in [0.3, 0.4) is 0 Å². The second-order valence-corrected chi connectivity index (χ2v) is 9.91. The van der Waals surface area contributed by atoms with Crippen molar-refractivity contribution < 1.29 is 19.2 Å². The van der Waals surface area contributed by atoms with Crippen molar-refractivity contribution in [2.24, 2.45) is 10.8 Å². The molecule has 8 heteroatoms. The molecule has 0 saturated heterocycles. The van der Waals surface area contributed by atoms with E-state index in [0.29, 0.717) is 41.7 Å². The van der Waals surface area contributed by atoms with Gasteiger partial charge in [-0.3, -0.25) is 9.78 Å². The summed E-state index contributed by atoms with van der Waals surface area (Å²) in [5.74, 6) is -0.158. The van der Waals surface area contributed by atoms with Gasteiger partial charge >= 0.3 is 5.97 Å². The number of carboxylic acids is 1. The van der Waals surface area contributed by atoms with Crippen LogP contribution in [0.25, 0.3) is 11.5 Å². The molecule has 0 aliphatic heterocycles. The molecule has 0 bridgehead atoms. The number of hydrogen-bond acceptors (Lipinski definition) is 7. The van der Waals surface area contributed by atoms with Crippen molar-refractivity contribution >= 4 is 5.97 Å². The molecule has 8 nitrogen and oxygen atoms in total. The first-order valence-electron chi connectivity index (χ1n) is 11.7. The summed E-state index contributed by atoms with van der Waals surface area (Å²) in [6, 6.07) is 0. The Bertz CT molecular complexity index is 884. The van der Waals surface area contributed by atoms with Crippen molar-refractivity contribution in [3.63, 3.8) is 0 Å². The summed E-state index contributed by atoms with van der Waals surface area (Å²) in [5, 5.41) is 13.5. The zero-order valence-corrected chi connectivity index (χ0v) is 19.8. The third-order valence-electron chi connectivity index (χ3n) is 6.96. The minimum absolute atomic E-state index is 0.0329. The second kappa shape index (κ2) is 10.4. The van der Waals surface area contributed by atoms with Crippen LogP contribution in [-0.4, -0.2) is 37.8 Å². The Morgan fingerprint density at radius 2 is 1.97 bits per heavy atom. The summed E-state index contributed by atoms with van der Waals surface area (Å²) in [6.45, 7) is 9.37. The van der Waals surface area contributed by atoms with E-state index < -0.39 is 5.97 Å². The highest BCUT2D eigenvalue weighted by molar-refractivity contribution is 5.67. The quantitative estimate of drug-likeness (QED) is 0.500. The van der Waals surface area contributed by atoms with E-state index in [1.165, 1.54) is 38.3 Å². The Labute approximate surface area is 190 Å². The molecule has 2 aromatic heterocycles. The highest BCUT2D eigenvalue weighted by Gasteiger charge is 2.42. The van der Waals surface area contributed by atoms with Crippen molar-refractivity contribution in [2.45, 2.75) is 91.4 Å². The molecule has 1 fully saturated rings. The monoisotopic (exact) mass is 444 g/mol. The van der Waals surface area contributed by atoms with Crippen molar-refractivity contribution in [3.8, 4) is 17.4 Å². The number of aliphatic carboxylic acids is 1. The molecular formula is C24H36N4O4. The maximum absolute atomic E-state index is 11.5.